The maximum atomic E-state index is 8.86. The number of hydrogen-bond donors (Lipinski definition) is 1. The van der Waals surface area contributed by atoms with E-state index in [4.69, 9.17) is 5.11 Å². The van der Waals surface area contributed by atoms with Crippen molar-refractivity contribution in [1.82, 2.24) is 9.80 Å². The molecule has 0 unspecified atom stereocenters. The Morgan fingerprint density at radius 2 is 1.77 bits per heavy atom. The van der Waals surface area contributed by atoms with Gasteiger partial charge in [-0.2, -0.15) is 0 Å². The second kappa shape index (κ2) is 7.24. The lowest BCUT2D eigenvalue weighted by molar-refractivity contribution is 0.298. The maximum absolute atomic E-state index is 8.86. The number of nitrogens with zero attached hydrogens (tertiary/aromatic N) is 2. The number of hydrogen-bond acceptors (Lipinski definition) is 3. The van der Waals surface area contributed by atoms with Crippen LogP contribution in [-0.4, -0.2) is 60.2 Å². The predicted molar refractivity (Wildman–Crippen MR) is 60.5 cm³/mol. The molecule has 0 radical (unpaired) electrons. The Bertz CT molecular complexity index is 153. The van der Waals surface area contributed by atoms with E-state index in [-0.39, 0.29) is 5.05 Å². The van der Waals surface area contributed by atoms with Gasteiger partial charge in [0.2, 0.25) is 0 Å². The molecule has 0 aromatic heterocycles. The van der Waals surface area contributed by atoms with E-state index in [9.17, 15) is 0 Å². The Labute approximate surface area is 86.3 Å². The summed E-state index contributed by atoms with van der Waals surface area (Å²) in [5, 5.41) is 8.93. The molecule has 0 rings (SSSR count). The third kappa shape index (κ3) is 8.15. The van der Waals surface area contributed by atoms with Gasteiger partial charge in [-0.25, -0.2) is 0 Å². The number of aliphatic hydroxyl groups excluding tert-OH is 1. The van der Waals surface area contributed by atoms with Gasteiger partial charge in [0.15, 0.2) is 5.05 Å². The van der Waals surface area contributed by atoms with Crippen LogP contribution in [0.5, 0.6) is 0 Å². The van der Waals surface area contributed by atoms with Gasteiger partial charge < -0.3 is 10.0 Å². The quantitative estimate of drug-likeness (QED) is 0.629. The van der Waals surface area contributed by atoms with Gasteiger partial charge in [0.1, 0.15) is 0 Å². The van der Waals surface area contributed by atoms with Crippen molar-refractivity contribution in [2.45, 2.75) is 13.3 Å². The first-order chi connectivity index (χ1) is 6.06. The summed E-state index contributed by atoms with van der Waals surface area (Å²) in [6.45, 7) is 5.81. The highest BCUT2D eigenvalue weighted by Crippen LogP contribution is 1.91. The minimum atomic E-state index is 0.0753. The van der Waals surface area contributed by atoms with Crippen molar-refractivity contribution in [3.63, 3.8) is 0 Å². The van der Waals surface area contributed by atoms with Crippen molar-refractivity contribution in [3.8, 4) is 0 Å². The number of aliphatic hydroxyl groups is 1. The second-order valence-corrected chi connectivity index (χ2v) is 3.85. The van der Waals surface area contributed by atoms with Crippen LogP contribution in [0.4, 0.5) is 0 Å². The van der Waals surface area contributed by atoms with E-state index in [2.05, 4.69) is 31.1 Å². The van der Waals surface area contributed by atoms with E-state index in [1.807, 2.05) is 11.9 Å². The Morgan fingerprint density at radius 3 is 2.23 bits per heavy atom. The molecule has 78 valence electrons. The monoisotopic (exact) mass is 204 g/mol. The van der Waals surface area contributed by atoms with Crippen molar-refractivity contribution >= 4 is 17.3 Å². The fourth-order valence-corrected chi connectivity index (χ4v) is 1.30. The van der Waals surface area contributed by atoms with Crippen LogP contribution in [0.2, 0.25) is 0 Å². The SMILES string of the molecule is CCN(C)CCCN(C)CC(O)=S. The zero-order chi connectivity index (χ0) is 10.3. The summed E-state index contributed by atoms with van der Waals surface area (Å²) >= 11 is 4.60. The Balaban J connectivity index is 3.36. The van der Waals surface area contributed by atoms with Crippen LogP contribution in [0.3, 0.4) is 0 Å². The van der Waals surface area contributed by atoms with E-state index in [1.165, 1.54) is 0 Å². The zero-order valence-corrected chi connectivity index (χ0v) is 9.60. The Hall–Kier alpha value is -0.190. The summed E-state index contributed by atoms with van der Waals surface area (Å²) in [7, 11) is 4.07. The molecule has 0 atom stereocenters. The zero-order valence-electron chi connectivity index (χ0n) is 8.79. The number of thiocarbonyl (C=S) groups is 1. The smallest absolute Gasteiger partial charge is 0.170 e. The van der Waals surface area contributed by atoms with Crippen molar-refractivity contribution < 1.29 is 5.11 Å². The minimum absolute atomic E-state index is 0.0753. The second-order valence-electron chi connectivity index (χ2n) is 3.38. The predicted octanol–water partition coefficient (Wildman–Crippen LogP) is 1.15. The Kier molecular flexibility index (Phi) is 7.13. The van der Waals surface area contributed by atoms with Gasteiger partial charge in [-0.05, 0) is 52.4 Å². The number of likely N-dealkylation sites (N-methyl/N-ethyl adjacent to an activating group) is 1. The maximum Gasteiger partial charge on any atom is 0.170 e. The molecular formula is C9H20N2OS. The molecule has 0 amide bonds. The van der Waals surface area contributed by atoms with Gasteiger partial charge in [0.05, 0.1) is 6.54 Å². The lowest BCUT2D eigenvalue weighted by Crippen LogP contribution is -2.28. The summed E-state index contributed by atoms with van der Waals surface area (Å²) in [5.41, 5.74) is 0. The molecule has 0 aliphatic heterocycles. The van der Waals surface area contributed by atoms with Gasteiger partial charge in [-0.3, -0.25) is 4.90 Å². The summed E-state index contributed by atoms with van der Waals surface area (Å²) in [6, 6.07) is 0. The molecule has 0 heterocycles. The van der Waals surface area contributed by atoms with Crippen LogP contribution < -0.4 is 0 Å². The van der Waals surface area contributed by atoms with E-state index >= 15 is 0 Å². The molecule has 0 aromatic carbocycles. The lowest BCUT2D eigenvalue weighted by atomic mass is 10.3. The molecule has 0 aliphatic carbocycles. The molecule has 13 heavy (non-hydrogen) atoms. The molecule has 0 saturated heterocycles. The topological polar surface area (TPSA) is 26.7 Å². The molecule has 0 saturated carbocycles. The summed E-state index contributed by atoms with van der Waals surface area (Å²) in [6.07, 6.45) is 1.11. The minimum Gasteiger partial charge on any atom is -0.501 e. The van der Waals surface area contributed by atoms with Crippen molar-refractivity contribution in [2.75, 3.05) is 40.3 Å². The molecule has 0 bridgehead atoms. The average molecular weight is 204 g/mol. The normalized spacial score (nSPS) is 11.2. The molecule has 0 spiro atoms. The molecule has 0 aliphatic rings. The lowest BCUT2D eigenvalue weighted by Gasteiger charge is -2.18. The highest BCUT2D eigenvalue weighted by Gasteiger charge is 2.01. The first-order valence-corrected chi connectivity index (χ1v) is 5.06. The highest BCUT2D eigenvalue weighted by atomic mass is 32.1. The average Bonchev–Trinajstić information content (AvgIpc) is 2.02. The van der Waals surface area contributed by atoms with Crippen molar-refractivity contribution in [1.29, 1.82) is 0 Å². The molecule has 4 heteroatoms. The van der Waals surface area contributed by atoms with Gasteiger partial charge in [0, 0.05) is 0 Å². The van der Waals surface area contributed by atoms with Crippen LogP contribution in [0.15, 0.2) is 0 Å². The highest BCUT2D eigenvalue weighted by molar-refractivity contribution is 7.80. The van der Waals surface area contributed by atoms with E-state index in [1.54, 1.807) is 0 Å². The third-order valence-corrected chi connectivity index (χ3v) is 2.15. The van der Waals surface area contributed by atoms with Gasteiger partial charge in [-0.15, -0.1) is 0 Å². The Morgan fingerprint density at radius 1 is 1.23 bits per heavy atom. The van der Waals surface area contributed by atoms with E-state index < -0.39 is 0 Å². The van der Waals surface area contributed by atoms with Crippen LogP contribution >= 0.6 is 12.2 Å². The van der Waals surface area contributed by atoms with Gasteiger partial charge in [0.25, 0.3) is 0 Å². The number of rotatable bonds is 7. The van der Waals surface area contributed by atoms with Crippen molar-refractivity contribution in [3.05, 3.63) is 0 Å². The van der Waals surface area contributed by atoms with E-state index in [0.717, 1.165) is 26.1 Å². The first-order valence-electron chi connectivity index (χ1n) is 4.65. The van der Waals surface area contributed by atoms with Gasteiger partial charge in [-0.1, -0.05) is 6.92 Å². The fraction of sp³-hybridized carbons (Fsp3) is 0.889. The molecule has 0 aromatic rings. The van der Waals surface area contributed by atoms with Crippen molar-refractivity contribution in [2.24, 2.45) is 0 Å². The van der Waals surface area contributed by atoms with Crippen LogP contribution in [-0.2, 0) is 0 Å². The first kappa shape index (κ1) is 12.8. The van der Waals surface area contributed by atoms with Crippen LogP contribution in [0, 0.1) is 0 Å². The molecule has 3 nitrogen and oxygen atoms in total. The summed E-state index contributed by atoms with van der Waals surface area (Å²) in [5.74, 6) is 0. The fourth-order valence-electron chi connectivity index (χ4n) is 1.08. The van der Waals surface area contributed by atoms with Crippen LogP contribution in [0.25, 0.3) is 0 Å². The molecule has 0 fully saturated rings. The van der Waals surface area contributed by atoms with E-state index in [0.29, 0.717) is 6.54 Å². The summed E-state index contributed by atoms with van der Waals surface area (Å²) in [4.78, 5) is 4.30. The molecular weight excluding hydrogens is 184 g/mol. The third-order valence-electron chi connectivity index (χ3n) is 2.02. The largest absolute Gasteiger partial charge is 0.501 e. The molecule has 1 N–H and O–H groups in total. The van der Waals surface area contributed by atoms with Crippen LogP contribution in [0.1, 0.15) is 13.3 Å². The summed E-state index contributed by atoms with van der Waals surface area (Å²) < 4.78 is 0. The van der Waals surface area contributed by atoms with Gasteiger partial charge >= 0.3 is 0 Å². The standard InChI is InChI=1S/C9H20N2OS/c1-4-10(2)6-5-7-11(3)8-9(12)13/h4-8H2,1-3H3,(H,12,13).